The molecule has 3 heterocycles. The van der Waals surface area contributed by atoms with Gasteiger partial charge < -0.3 is 9.80 Å². The van der Waals surface area contributed by atoms with Gasteiger partial charge in [-0.3, -0.25) is 9.59 Å². The Labute approximate surface area is 159 Å². The summed E-state index contributed by atoms with van der Waals surface area (Å²) in [6.45, 7) is 2.19. The summed E-state index contributed by atoms with van der Waals surface area (Å²) in [7, 11) is 0. The first-order valence-corrected chi connectivity index (χ1v) is 9.55. The van der Waals surface area contributed by atoms with Gasteiger partial charge in [0, 0.05) is 18.3 Å². The molecule has 1 aromatic carbocycles. The molecule has 4 amide bonds. The Bertz CT molecular complexity index is 901. The van der Waals surface area contributed by atoms with Crippen molar-refractivity contribution in [1.82, 2.24) is 9.80 Å². The largest absolute Gasteiger partial charge is 0.332 e. The fraction of sp³-hybridized carbons (Fsp3) is 0.316. The van der Waals surface area contributed by atoms with Crippen LogP contribution in [0.4, 0.5) is 14.9 Å². The van der Waals surface area contributed by atoms with Gasteiger partial charge in [-0.05, 0) is 36.1 Å². The Balaban J connectivity index is 1.76. The number of carbonyl (C=O) groups excluding carboxylic acids is 3. The van der Waals surface area contributed by atoms with Gasteiger partial charge in [-0.15, -0.1) is 11.3 Å². The Morgan fingerprint density at radius 2 is 2.07 bits per heavy atom. The van der Waals surface area contributed by atoms with Gasteiger partial charge in [-0.25, -0.2) is 14.1 Å². The van der Waals surface area contributed by atoms with E-state index in [0.717, 1.165) is 15.8 Å². The van der Waals surface area contributed by atoms with Gasteiger partial charge in [-0.1, -0.05) is 12.1 Å². The van der Waals surface area contributed by atoms with Gasteiger partial charge in [0.2, 0.25) is 5.91 Å². The zero-order valence-electron chi connectivity index (χ0n) is 14.7. The van der Waals surface area contributed by atoms with Crippen molar-refractivity contribution in [3.05, 3.63) is 52.5 Å². The van der Waals surface area contributed by atoms with Crippen LogP contribution in [0.15, 0.2) is 41.8 Å². The van der Waals surface area contributed by atoms with Crippen LogP contribution in [0, 0.1) is 5.82 Å². The maximum atomic E-state index is 13.7. The fourth-order valence-electron chi connectivity index (χ4n) is 3.86. The number of halogens is 1. The first kappa shape index (κ1) is 17.7. The Hall–Kier alpha value is -2.74. The minimum absolute atomic E-state index is 0.176. The molecule has 2 aliphatic rings. The Morgan fingerprint density at radius 3 is 2.74 bits per heavy atom. The first-order valence-electron chi connectivity index (χ1n) is 8.67. The van der Waals surface area contributed by atoms with Crippen molar-refractivity contribution in [3.63, 3.8) is 0 Å². The number of carbonyl (C=O) groups is 3. The Morgan fingerprint density at radius 1 is 1.26 bits per heavy atom. The Kier molecular flexibility index (Phi) is 4.43. The SMILES string of the molecule is CC(=O)N1CC[C@@H]2[C@H]1C(=O)N(c1cccc(F)c1)C(=O)N2Cc1cccs1. The summed E-state index contributed by atoms with van der Waals surface area (Å²) in [6.07, 6.45) is 0.546. The summed E-state index contributed by atoms with van der Waals surface area (Å²) in [4.78, 5) is 43.5. The number of thiophene rings is 1. The zero-order chi connectivity index (χ0) is 19.1. The number of amides is 4. The normalized spacial score (nSPS) is 22.4. The molecule has 27 heavy (non-hydrogen) atoms. The molecule has 0 unspecified atom stereocenters. The van der Waals surface area contributed by atoms with Crippen molar-refractivity contribution in [3.8, 4) is 0 Å². The number of fused-ring (bicyclic) bond motifs is 1. The van der Waals surface area contributed by atoms with Crippen molar-refractivity contribution in [2.75, 3.05) is 11.4 Å². The van der Waals surface area contributed by atoms with Gasteiger partial charge in [0.05, 0.1) is 18.3 Å². The average molecular weight is 387 g/mol. The van der Waals surface area contributed by atoms with Crippen LogP contribution in [0.5, 0.6) is 0 Å². The highest BCUT2D eigenvalue weighted by Gasteiger charge is 2.53. The van der Waals surface area contributed by atoms with E-state index < -0.39 is 23.8 Å². The summed E-state index contributed by atoms with van der Waals surface area (Å²) in [5.41, 5.74) is 0.176. The molecular weight excluding hydrogens is 369 g/mol. The molecule has 0 spiro atoms. The number of nitrogens with zero attached hydrogens (tertiary/aromatic N) is 3. The monoisotopic (exact) mass is 387 g/mol. The quantitative estimate of drug-likeness (QED) is 0.814. The van der Waals surface area contributed by atoms with E-state index in [9.17, 15) is 18.8 Å². The minimum atomic E-state index is -0.747. The van der Waals surface area contributed by atoms with Gasteiger partial charge in [-0.2, -0.15) is 0 Å². The van der Waals surface area contributed by atoms with E-state index in [4.69, 9.17) is 0 Å². The minimum Gasteiger partial charge on any atom is -0.329 e. The van der Waals surface area contributed by atoms with Gasteiger partial charge in [0.25, 0.3) is 5.91 Å². The maximum absolute atomic E-state index is 13.7. The van der Waals surface area contributed by atoms with Crippen molar-refractivity contribution in [2.24, 2.45) is 0 Å². The van der Waals surface area contributed by atoms with E-state index in [0.29, 0.717) is 19.5 Å². The third-order valence-electron chi connectivity index (χ3n) is 5.05. The van der Waals surface area contributed by atoms with E-state index in [1.54, 1.807) is 4.90 Å². The predicted octanol–water partition coefficient (Wildman–Crippen LogP) is 2.85. The van der Waals surface area contributed by atoms with Crippen LogP contribution in [0.25, 0.3) is 0 Å². The molecule has 0 saturated carbocycles. The topological polar surface area (TPSA) is 60.9 Å². The smallest absolute Gasteiger partial charge is 0.329 e. The molecule has 6 nitrogen and oxygen atoms in total. The van der Waals surface area contributed by atoms with Crippen LogP contribution in [-0.4, -0.2) is 46.3 Å². The van der Waals surface area contributed by atoms with E-state index in [1.165, 1.54) is 41.4 Å². The summed E-state index contributed by atoms with van der Waals surface area (Å²) in [5.74, 6) is -1.22. The van der Waals surface area contributed by atoms with Crippen molar-refractivity contribution in [2.45, 2.75) is 32.0 Å². The first-order chi connectivity index (χ1) is 13.0. The number of urea groups is 1. The zero-order valence-corrected chi connectivity index (χ0v) is 15.5. The molecule has 0 bridgehead atoms. The molecule has 4 rings (SSSR count). The molecular formula is C19H18FN3O3S. The number of hydrogen-bond donors (Lipinski definition) is 0. The summed E-state index contributed by atoms with van der Waals surface area (Å²) >= 11 is 1.52. The highest BCUT2D eigenvalue weighted by molar-refractivity contribution is 7.09. The molecule has 2 saturated heterocycles. The predicted molar refractivity (Wildman–Crippen MR) is 98.7 cm³/mol. The third kappa shape index (κ3) is 2.99. The summed E-state index contributed by atoms with van der Waals surface area (Å²) in [6, 6.07) is 7.62. The molecule has 0 aliphatic carbocycles. The second-order valence-corrected chi connectivity index (χ2v) is 7.69. The van der Waals surface area contributed by atoms with Crippen molar-refractivity contribution in [1.29, 1.82) is 0 Å². The maximum Gasteiger partial charge on any atom is 0.332 e. The summed E-state index contributed by atoms with van der Waals surface area (Å²) in [5, 5.41) is 1.92. The molecule has 0 radical (unpaired) electrons. The molecule has 2 fully saturated rings. The number of hydrogen-bond acceptors (Lipinski definition) is 4. The van der Waals surface area contributed by atoms with Crippen molar-refractivity contribution < 1.29 is 18.8 Å². The highest BCUT2D eigenvalue weighted by Crippen LogP contribution is 2.34. The lowest BCUT2D eigenvalue weighted by Crippen LogP contribution is -2.65. The molecule has 1 aromatic heterocycles. The second kappa shape index (κ2) is 6.77. The summed E-state index contributed by atoms with van der Waals surface area (Å²) < 4.78 is 13.7. The molecule has 2 atom stereocenters. The standard InChI is InChI=1S/C19H18FN3O3S/c1-12(24)21-8-7-16-17(21)18(25)23(14-5-2-4-13(20)10-14)19(26)22(16)11-15-6-3-9-27-15/h2-6,9-10,16-17H,7-8,11H2,1H3/t16-,17+/m1/s1. The van der Waals surface area contributed by atoms with Crippen molar-refractivity contribution >= 4 is 34.9 Å². The van der Waals surface area contributed by atoms with Gasteiger partial charge in [0.15, 0.2) is 0 Å². The van der Waals surface area contributed by atoms with Crippen LogP contribution in [-0.2, 0) is 16.1 Å². The number of benzene rings is 1. The molecule has 0 N–H and O–H groups in total. The lowest BCUT2D eigenvalue weighted by molar-refractivity contribution is -0.137. The van der Waals surface area contributed by atoms with E-state index in [2.05, 4.69) is 0 Å². The molecule has 140 valence electrons. The molecule has 2 aliphatic heterocycles. The lowest BCUT2D eigenvalue weighted by Gasteiger charge is -2.43. The van der Waals surface area contributed by atoms with E-state index in [1.807, 2.05) is 17.5 Å². The average Bonchev–Trinajstić information content (AvgIpc) is 3.28. The van der Waals surface area contributed by atoms with Crippen LogP contribution in [0.3, 0.4) is 0 Å². The van der Waals surface area contributed by atoms with Crippen LogP contribution in [0.2, 0.25) is 0 Å². The van der Waals surface area contributed by atoms with Crippen LogP contribution < -0.4 is 4.90 Å². The lowest BCUT2D eigenvalue weighted by atomic mass is 10.0. The van der Waals surface area contributed by atoms with Crippen LogP contribution >= 0.6 is 11.3 Å². The number of anilines is 1. The van der Waals surface area contributed by atoms with Gasteiger partial charge in [0.1, 0.15) is 11.9 Å². The molecule has 2 aromatic rings. The van der Waals surface area contributed by atoms with Gasteiger partial charge >= 0.3 is 6.03 Å². The van der Waals surface area contributed by atoms with E-state index >= 15 is 0 Å². The van der Waals surface area contributed by atoms with Crippen LogP contribution in [0.1, 0.15) is 18.2 Å². The number of likely N-dealkylation sites (tertiary alicyclic amines) is 1. The second-order valence-electron chi connectivity index (χ2n) is 6.66. The molecule has 8 heteroatoms. The van der Waals surface area contributed by atoms with E-state index in [-0.39, 0.29) is 17.6 Å². The number of imide groups is 1. The fourth-order valence-corrected chi connectivity index (χ4v) is 4.56. The highest BCUT2D eigenvalue weighted by atomic mass is 32.1. The number of rotatable bonds is 3. The third-order valence-corrected chi connectivity index (χ3v) is 5.92.